The molecule has 2 aromatic carbocycles. The van der Waals surface area contributed by atoms with E-state index in [-0.39, 0.29) is 5.91 Å². The fraction of sp³-hybridized carbons (Fsp3) is 0.222. The summed E-state index contributed by atoms with van der Waals surface area (Å²) < 4.78 is 4.26. The minimum atomic E-state index is -0.0799. The summed E-state index contributed by atoms with van der Waals surface area (Å²) in [5.74, 6) is 1.15. The van der Waals surface area contributed by atoms with Gasteiger partial charge in [0.2, 0.25) is 0 Å². The van der Waals surface area contributed by atoms with Gasteiger partial charge in [-0.25, -0.2) is 0 Å². The predicted molar refractivity (Wildman–Crippen MR) is 106 cm³/mol. The average molecular weight is 421 g/mol. The third-order valence-corrected chi connectivity index (χ3v) is 6.04. The Labute approximate surface area is 157 Å². The molecule has 6 heteroatoms. The molecule has 0 saturated carbocycles. The second kappa shape index (κ2) is 8.14. The molecule has 3 nitrogen and oxygen atoms in total. The Hall–Kier alpha value is -1.37. The molecule has 0 aliphatic rings. The normalized spacial score (nSPS) is 12.0. The van der Waals surface area contributed by atoms with E-state index in [4.69, 9.17) is 0 Å². The van der Waals surface area contributed by atoms with E-state index in [2.05, 4.69) is 56.7 Å². The van der Waals surface area contributed by atoms with E-state index < -0.39 is 0 Å². The summed E-state index contributed by atoms with van der Waals surface area (Å²) in [5, 5.41) is 0. The molecule has 1 aromatic heterocycles. The Morgan fingerprint density at radius 3 is 2.79 bits per heavy atom. The van der Waals surface area contributed by atoms with Crippen LogP contribution in [0.25, 0.3) is 10.2 Å². The maximum Gasteiger partial charge on any atom is 0.258 e. The Kier molecular flexibility index (Phi) is 5.92. The number of thioether (sulfide) groups is 1. The second-order valence-electron chi connectivity index (χ2n) is 5.22. The van der Waals surface area contributed by atoms with Gasteiger partial charge >= 0.3 is 0 Å². The molecule has 0 unspecified atom stereocenters. The van der Waals surface area contributed by atoms with Crippen LogP contribution in [0.1, 0.15) is 12.5 Å². The lowest BCUT2D eigenvalue weighted by Gasteiger charge is -2.01. The van der Waals surface area contributed by atoms with Gasteiger partial charge in [0.1, 0.15) is 0 Å². The predicted octanol–water partition coefficient (Wildman–Crippen LogP) is 4.85. The highest BCUT2D eigenvalue weighted by molar-refractivity contribution is 9.10. The van der Waals surface area contributed by atoms with Crippen molar-refractivity contribution in [3.63, 3.8) is 0 Å². The lowest BCUT2D eigenvalue weighted by Crippen LogP contribution is -2.16. The van der Waals surface area contributed by atoms with E-state index in [9.17, 15) is 4.79 Å². The number of aryl methyl sites for hydroxylation is 1. The van der Waals surface area contributed by atoms with E-state index in [1.165, 1.54) is 5.56 Å². The Bertz CT molecular complexity index is 916. The SMILES string of the molecule is CCn1c(=NC(=O)CSCc2ccccc2)sc2cc(Br)ccc21. The maximum absolute atomic E-state index is 12.2. The lowest BCUT2D eigenvalue weighted by atomic mass is 10.2. The van der Waals surface area contributed by atoms with Crippen LogP contribution in [0.15, 0.2) is 58.0 Å². The summed E-state index contributed by atoms with van der Waals surface area (Å²) in [6.07, 6.45) is 0. The number of halogens is 1. The highest BCUT2D eigenvalue weighted by atomic mass is 79.9. The lowest BCUT2D eigenvalue weighted by molar-refractivity contribution is -0.115. The molecule has 0 fully saturated rings. The molecule has 0 aliphatic carbocycles. The van der Waals surface area contributed by atoms with Crippen molar-refractivity contribution in [3.05, 3.63) is 63.4 Å². The van der Waals surface area contributed by atoms with Gasteiger partial charge in [0, 0.05) is 16.8 Å². The van der Waals surface area contributed by atoms with Crippen LogP contribution in [0, 0.1) is 0 Å². The molecule has 1 heterocycles. The van der Waals surface area contributed by atoms with Crippen LogP contribution in [0.2, 0.25) is 0 Å². The Morgan fingerprint density at radius 1 is 1.25 bits per heavy atom. The molecular weight excluding hydrogens is 404 g/mol. The highest BCUT2D eigenvalue weighted by Gasteiger charge is 2.07. The van der Waals surface area contributed by atoms with Crippen LogP contribution in [0.5, 0.6) is 0 Å². The summed E-state index contributed by atoms with van der Waals surface area (Å²) in [5.41, 5.74) is 2.35. The number of carbonyl (C=O) groups is 1. The van der Waals surface area contributed by atoms with Crippen molar-refractivity contribution < 1.29 is 4.79 Å². The Balaban J connectivity index is 1.75. The first-order valence-corrected chi connectivity index (χ1v) is 10.4. The molecule has 0 spiro atoms. The van der Waals surface area contributed by atoms with Crippen LogP contribution >= 0.6 is 39.0 Å². The largest absolute Gasteiger partial charge is 0.317 e. The van der Waals surface area contributed by atoms with Crippen LogP contribution in [-0.4, -0.2) is 16.2 Å². The van der Waals surface area contributed by atoms with Gasteiger partial charge < -0.3 is 4.57 Å². The molecule has 0 radical (unpaired) electrons. The molecule has 0 aliphatic heterocycles. The number of aromatic nitrogens is 1. The smallest absolute Gasteiger partial charge is 0.258 e. The first-order chi connectivity index (χ1) is 11.7. The van der Waals surface area contributed by atoms with Crippen LogP contribution < -0.4 is 4.80 Å². The van der Waals surface area contributed by atoms with Gasteiger partial charge in [0.05, 0.1) is 16.0 Å². The summed E-state index contributed by atoms with van der Waals surface area (Å²) in [4.78, 5) is 17.3. The van der Waals surface area contributed by atoms with E-state index >= 15 is 0 Å². The number of thiazole rings is 1. The zero-order valence-corrected chi connectivity index (χ0v) is 16.5. The number of carbonyl (C=O) groups excluding carboxylic acids is 1. The summed E-state index contributed by atoms with van der Waals surface area (Å²) in [6, 6.07) is 16.3. The van der Waals surface area contributed by atoms with Crippen molar-refractivity contribution >= 4 is 55.2 Å². The number of hydrogen-bond donors (Lipinski definition) is 0. The van der Waals surface area contributed by atoms with E-state index in [1.807, 2.05) is 24.3 Å². The van der Waals surface area contributed by atoms with Gasteiger partial charge in [0.15, 0.2) is 4.80 Å². The molecule has 3 aromatic rings. The molecule has 124 valence electrons. The highest BCUT2D eigenvalue weighted by Crippen LogP contribution is 2.22. The van der Waals surface area contributed by atoms with Gasteiger partial charge in [-0.2, -0.15) is 4.99 Å². The third kappa shape index (κ3) is 4.18. The van der Waals surface area contributed by atoms with Crippen LogP contribution in [0.3, 0.4) is 0 Å². The van der Waals surface area contributed by atoms with E-state index in [1.54, 1.807) is 23.1 Å². The molecule has 0 saturated heterocycles. The topological polar surface area (TPSA) is 34.4 Å². The van der Waals surface area contributed by atoms with Gasteiger partial charge in [-0.3, -0.25) is 4.79 Å². The third-order valence-electron chi connectivity index (χ3n) is 3.52. The molecule has 0 atom stereocenters. The number of nitrogens with zero attached hydrogens (tertiary/aromatic N) is 2. The van der Waals surface area contributed by atoms with Crippen molar-refractivity contribution in [2.24, 2.45) is 4.99 Å². The number of hydrogen-bond acceptors (Lipinski definition) is 3. The first kappa shape index (κ1) is 17.5. The van der Waals surface area contributed by atoms with Crippen LogP contribution in [0.4, 0.5) is 0 Å². The standard InChI is InChI=1S/C18H17BrN2OS2/c1-2-21-15-9-8-14(19)10-16(15)24-18(21)20-17(22)12-23-11-13-6-4-3-5-7-13/h3-10H,2,11-12H2,1H3. The monoisotopic (exact) mass is 420 g/mol. The maximum atomic E-state index is 12.2. The quantitative estimate of drug-likeness (QED) is 0.591. The zero-order valence-electron chi connectivity index (χ0n) is 13.2. The number of fused-ring (bicyclic) bond motifs is 1. The fourth-order valence-electron chi connectivity index (χ4n) is 2.41. The zero-order chi connectivity index (χ0) is 16.9. The van der Waals surface area contributed by atoms with Gasteiger partial charge in [0.25, 0.3) is 5.91 Å². The average Bonchev–Trinajstić information content (AvgIpc) is 2.91. The number of amides is 1. The molecule has 24 heavy (non-hydrogen) atoms. The molecule has 3 rings (SSSR count). The second-order valence-corrected chi connectivity index (χ2v) is 8.14. The van der Waals surface area contributed by atoms with Crippen LogP contribution in [-0.2, 0) is 17.1 Å². The minimum absolute atomic E-state index is 0.0799. The molecule has 0 bridgehead atoms. The number of rotatable bonds is 5. The van der Waals surface area contributed by atoms with Gasteiger partial charge in [-0.1, -0.05) is 57.6 Å². The van der Waals surface area contributed by atoms with Crippen molar-refractivity contribution in [2.75, 3.05) is 5.75 Å². The van der Waals surface area contributed by atoms with E-state index in [0.29, 0.717) is 5.75 Å². The van der Waals surface area contributed by atoms with E-state index in [0.717, 1.165) is 31.8 Å². The fourth-order valence-corrected chi connectivity index (χ4v) is 4.84. The number of benzene rings is 2. The minimum Gasteiger partial charge on any atom is -0.317 e. The van der Waals surface area contributed by atoms with Gasteiger partial charge in [-0.05, 0) is 30.7 Å². The van der Waals surface area contributed by atoms with Crippen molar-refractivity contribution in [1.82, 2.24) is 4.57 Å². The summed E-state index contributed by atoms with van der Waals surface area (Å²) >= 11 is 6.65. The first-order valence-electron chi connectivity index (χ1n) is 7.65. The summed E-state index contributed by atoms with van der Waals surface area (Å²) in [7, 11) is 0. The summed E-state index contributed by atoms with van der Waals surface area (Å²) in [6.45, 7) is 2.87. The van der Waals surface area contributed by atoms with Crippen molar-refractivity contribution in [1.29, 1.82) is 0 Å². The molecule has 1 amide bonds. The Morgan fingerprint density at radius 2 is 2.04 bits per heavy atom. The van der Waals surface area contributed by atoms with Crippen molar-refractivity contribution in [2.45, 2.75) is 19.2 Å². The van der Waals surface area contributed by atoms with Crippen molar-refractivity contribution in [3.8, 4) is 0 Å². The molecular formula is C18H17BrN2OS2. The molecule has 0 N–H and O–H groups in total. The van der Waals surface area contributed by atoms with Gasteiger partial charge in [-0.15, -0.1) is 11.8 Å².